The predicted octanol–water partition coefficient (Wildman–Crippen LogP) is 4.02. The molecule has 0 atom stereocenters. The van der Waals surface area contributed by atoms with Gasteiger partial charge in [0.15, 0.2) is 0 Å². The number of likely N-dealkylation sites (N-methyl/N-ethyl adjacent to an activating group) is 1. The lowest BCUT2D eigenvalue weighted by Crippen LogP contribution is -2.37. The van der Waals surface area contributed by atoms with E-state index in [-0.39, 0.29) is 12.2 Å². The molecule has 0 bridgehead atoms. The van der Waals surface area contributed by atoms with Gasteiger partial charge in [-0.1, -0.05) is 0 Å². The van der Waals surface area contributed by atoms with E-state index in [0.29, 0.717) is 23.1 Å². The summed E-state index contributed by atoms with van der Waals surface area (Å²) in [5, 5.41) is 7.56. The Kier molecular flexibility index (Phi) is 8.73. The van der Waals surface area contributed by atoms with Crippen molar-refractivity contribution in [1.82, 2.24) is 4.90 Å². The van der Waals surface area contributed by atoms with E-state index in [1.807, 2.05) is 0 Å². The highest BCUT2D eigenvalue weighted by atomic mass is 31.2. The van der Waals surface area contributed by atoms with Crippen LogP contribution in [0.2, 0.25) is 0 Å². The maximum absolute atomic E-state index is 12.6. The van der Waals surface area contributed by atoms with E-state index < -0.39 is 19.3 Å². The second-order valence-corrected chi connectivity index (χ2v) is 12.0. The van der Waals surface area contributed by atoms with Crippen LogP contribution in [0.5, 0.6) is 0 Å². The standard InChI is InChI=1S/C17H32N2O3P/c1-9-22-17(21)19(8)16(20)15(10-18)11-23(12(2)3,13(4)5)14(6)7/h12-14,18H,9,11H2,1-8H3/q+1. The molecule has 0 aromatic heterocycles. The van der Waals surface area contributed by atoms with Gasteiger partial charge in [-0.25, -0.2) is 9.69 Å². The highest BCUT2D eigenvalue weighted by Gasteiger charge is 2.49. The van der Waals surface area contributed by atoms with Crippen molar-refractivity contribution in [3.05, 3.63) is 5.57 Å². The molecule has 5 nitrogen and oxygen atoms in total. The molecule has 0 aromatic carbocycles. The Morgan fingerprint density at radius 1 is 1.09 bits per heavy atom. The second-order valence-electron chi connectivity index (χ2n) is 6.60. The van der Waals surface area contributed by atoms with Crippen LogP contribution in [0, 0.1) is 5.41 Å². The van der Waals surface area contributed by atoms with E-state index in [2.05, 4.69) is 47.4 Å². The van der Waals surface area contributed by atoms with E-state index in [9.17, 15) is 9.59 Å². The first-order valence-electron chi connectivity index (χ1n) is 8.16. The van der Waals surface area contributed by atoms with E-state index in [1.54, 1.807) is 6.92 Å². The van der Waals surface area contributed by atoms with Gasteiger partial charge in [-0.2, -0.15) is 0 Å². The number of nitrogens with one attached hydrogen (secondary N) is 1. The minimum absolute atomic E-state index is 0.209. The van der Waals surface area contributed by atoms with Crippen molar-refractivity contribution in [3.8, 4) is 0 Å². The maximum atomic E-state index is 12.6. The molecule has 0 aromatic rings. The molecule has 0 aliphatic carbocycles. The molecule has 0 aliphatic rings. The summed E-state index contributed by atoms with van der Waals surface area (Å²) in [5.74, 6) is 1.81. The predicted molar refractivity (Wildman–Crippen MR) is 98.2 cm³/mol. The van der Waals surface area contributed by atoms with Gasteiger partial charge < -0.3 is 4.74 Å². The number of nitrogens with zero attached hydrogens (tertiary/aromatic N) is 1. The fraction of sp³-hybridized carbons (Fsp3) is 0.765. The molecule has 0 saturated carbocycles. The van der Waals surface area contributed by atoms with Crippen LogP contribution in [0.15, 0.2) is 5.57 Å². The van der Waals surface area contributed by atoms with Gasteiger partial charge in [-0.15, -0.1) is 0 Å². The molecule has 0 saturated heterocycles. The van der Waals surface area contributed by atoms with Gasteiger partial charge in [-0.3, -0.25) is 10.2 Å². The fourth-order valence-electron chi connectivity index (χ4n) is 3.28. The smallest absolute Gasteiger partial charge is 0.416 e. The Balaban J connectivity index is 5.60. The third kappa shape index (κ3) is 4.89. The lowest BCUT2D eigenvalue weighted by molar-refractivity contribution is -0.124. The van der Waals surface area contributed by atoms with Gasteiger partial charge in [0.05, 0.1) is 29.7 Å². The summed E-state index contributed by atoms with van der Waals surface area (Å²) in [6.07, 6.45) is -0.153. The largest absolute Gasteiger partial charge is 0.449 e. The quantitative estimate of drug-likeness (QED) is 0.431. The number of hydrogen-bond acceptors (Lipinski definition) is 4. The lowest BCUT2D eigenvalue weighted by atomic mass is 10.3. The van der Waals surface area contributed by atoms with E-state index in [4.69, 9.17) is 10.1 Å². The summed E-state index contributed by atoms with van der Waals surface area (Å²) in [7, 11) is -0.156. The molecule has 0 rings (SSSR count). The number of hydrogen-bond donors (Lipinski definition) is 1. The first-order valence-corrected chi connectivity index (χ1v) is 10.3. The van der Waals surface area contributed by atoms with Gasteiger partial charge in [0.25, 0.3) is 5.91 Å². The Bertz CT molecular complexity index is 458. The maximum Gasteiger partial charge on any atom is 0.416 e. The Morgan fingerprint density at radius 2 is 1.52 bits per heavy atom. The van der Waals surface area contributed by atoms with Crippen molar-refractivity contribution < 1.29 is 14.3 Å². The van der Waals surface area contributed by atoms with Gasteiger partial charge >= 0.3 is 6.09 Å². The van der Waals surface area contributed by atoms with Crippen LogP contribution in [-0.4, -0.2) is 59.6 Å². The van der Waals surface area contributed by atoms with Crippen LogP contribution in [0.1, 0.15) is 48.5 Å². The van der Waals surface area contributed by atoms with Gasteiger partial charge in [0.2, 0.25) is 0 Å². The van der Waals surface area contributed by atoms with Crippen LogP contribution in [0.4, 0.5) is 4.79 Å². The third-order valence-electron chi connectivity index (χ3n) is 4.57. The van der Waals surface area contributed by atoms with Crippen molar-refractivity contribution in [2.45, 2.75) is 65.4 Å². The minimum atomic E-state index is -1.54. The molecule has 1 N–H and O–H groups in total. The Morgan fingerprint density at radius 3 is 1.83 bits per heavy atom. The summed E-state index contributed by atoms with van der Waals surface area (Å²) in [4.78, 5) is 25.3. The summed E-state index contributed by atoms with van der Waals surface area (Å²) in [6.45, 7) is 15.0. The SMILES string of the molecule is CCOC(=O)N(C)C(=O)C(=C=N)C[P+](C(C)C)(C(C)C)C(C)C. The first kappa shape index (κ1) is 21.8. The van der Waals surface area contributed by atoms with E-state index in [1.165, 1.54) is 7.05 Å². The number of rotatable bonds is 7. The average molecular weight is 343 g/mol. The van der Waals surface area contributed by atoms with Crippen LogP contribution in [-0.2, 0) is 9.53 Å². The molecule has 2 amide bonds. The molecule has 0 radical (unpaired) electrons. The zero-order valence-electron chi connectivity index (χ0n) is 15.8. The van der Waals surface area contributed by atoms with E-state index in [0.717, 1.165) is 4.90 Å². The third-order valence-corrected chi connectivity index (χ3v) is 11.2. The topological polar surface area (TPSA) is 70.5 Å². The first-order chi connectivity index (χ1) is 10.6. The number of imide groups is 1. The second kappa shape index (κ2) is 9.20. The van der Waals surface area contributed by atoms with Crippen LogP contribution < -0.4 is 0 Å². The zero-order valence-corrected chi connectivity index (χ0v) is 16.7. The fourth-order valence-corrected chi connectivity index (χ4v) is 8.71. The van der Waals surface area contributed by atoms with Gasteiger partial charge in [0.1, 0.15) is 5.57 Å². The van der Waals surface area contributed by atoms with Crippen LogP contribution >= 0.6 is 7.26 Å². The number of carbonyl (C=O) groups is 2. The van der Waals surface area contributed by atoms with Crippen molar-refractivity contribution >= 4 is 25.1 Å². The molecular weight excluding hydrogens is 311 g/mol. The molecule has 0 unspecified atom stereocenters. The number of carbonyl (C=O) groups excluding carboxylic acids is 2. The van der Waals surface area contributed by atoms with Gasteiger partial charge in [0, 0.05) is 14.3 Å². The molecule has 0 fully saturated rings. The van der Waals surface area contributed by atoms with Crippen molar-refractivity contribution in [1.29, 1.82) is 5.41 Å². The van der Waals surface area contributed by atoms with Crippen molar-refractivity contribution in [2.24, 2.45) is 0 Å². The minimum Gasteiger partial charge on any atom is -0.449 e. The average Bonchev–Trinajstić information content (AvgIpc) is 2.46. The molecule has 0 heterocycles. The molecule has 6 heteroatoms. The van der Waals surface area contributed by atoms with Crippen LogP contribution in [0.25, 0.3) is 0 Å². The summed E-state index contributed by atoms with van der Waals surface area (Å²) < 4.78 is 4.86. The Labute approximate surface area is 141 Å². The monoisotopic (exact) mass is 343 g/mol. The van der Waals surface area contributed by atoms with Gasteiger partial charge in [-0.05, 0) is 54.3 Å². The lowest BCUT2D eigenvalue weighted by Gasteiger charge is -2.38. The van der Waals surface area contributed by atoms with E-state index >= 15 is 0 Å². The molecule has 0 spiro atoms. The summed E-state index contributed by atoms with van der Waals surface area (Å²) in [6, 6.07) is 0. The summed E-state index contributed by atoms with van der Waals surface area (Å²) in [5.41, 5.74) is 1.58. The molecule has 23 heavy (non-hydrogen) atoms. The number of amides is 2. The molecule has 0 aliphatic heterocycles. The highest BCUT2D eigenvalue weighted by Crippen LogP contribution is 2.70. The summed E-state index contributed by atoms with van der Waals surface area (Å²) >= 11 is 0. The Hall–Kier alpha value is -1.18. The molecular formula is C17H32N2O3P+. The van der Waals surface area contributed by atoms with Crippen molar-refractivity contribution in [3.63, 3.8) is 0 Å². The van der Waals surface area contributed by atoms with Crippen molar-refractivity contribution in [2.75, 3.05) is 19.8 Å². The highest BCUT2D eigenvalue weighted by molar-refractivity contribution is 7.78. The number of ether oxygens (including phenoxy) is 1. The zero-order chi connectivity index (χ0) is 18.4. The van der Waals surface area contributed by atoms with Crippen LogP contribution in [0.3, 0.4) is 0 Å². The normalized spacial score (nSPS) is 11.6. The molecule has 132 valence electrons.